The Morgan fingerprint density at radius 1 is 1.38 bits per heavy atom. The largest absolute Gasteiger partial charge is 0.350 e. The van der Waals surface area contributed by atoms with Gasteiger partial charge in [0.15, 0.2) is 0 Å². The molecule has 24 heavy (non-hydrogen) atoms. The van der Waals surface area contributed by atoms with Crippen LogP contribution in [0.15, 0.2) is 47.6 Å². The second-order valence-electron chi connectivity index (χ2n) is 5.51. The van der Waals surface area contributed by atoms with Crippen molar-refractivity contribution in [3.8, 4) is 0 Å². The van der Waals surface area contributed by atoms with Crippen LogP contribution in [0.25, 0.3) is 0 Å². The van der Waals surface area contributed by atoms with Crippen LogP contribution in [0, 0.1) is 0 Å². The first-order valence-corrected chi connectivity index (χ1v) is 8.75. The van der Waals surface area contributed by atoms with Gasteiger partial charge in [-0.1, -0.05) is 11.6 Å². The number of rotatable bonds is 4. The van der Waals surface area contributed by atoms with E-state index in [4.69, 9.17) is 11.6 Å². The van der Waals surface area contributed by atoms with Gasteiger partial charge in [-0.2, -0.15) is 0 Å². The Morgan fingerprint density at radius 2 is 2.12 bits per heavy atom. The van der Waals surface area contributed by atoms with Crippen LogP contribution in [0.1, 0.15) is 24.9 Å². The summed E-state index contributed by atoms with van der Waals surface area (Å²) in [4.78, 5) is 29.3. The molecular weight excluding hydrogens is 346 g/mol. The molecule has 7 heteroatoms. The molecule has 0 saturated carbocycles. The average molecular weight is 362 g/mol. The van der Waals surface area contributed by atoms with Gasteiger partial charge in [0.1, 0.15) is 0 Å². The number of halogens is 1. The Labute approximate surface area is 149 Å². The number of nitrogens with one attached hydrogen (secondary N) is 2. The van der Waals surface area contributed by atoms with E-state index in [1.165, 1.54) is 11.8 Å². The maximum Gasteiger partial charge on any atom is 0.238 e. The van der Waals surface area contributed by atoms with Gasteiger partial charge < -0.3 is 10.6 Å². The second-order valence-corrected chi connectivity index (χ2v) is 7.19. The molecule has 2 N–H and O–H groups in total. The van der Waals surface area contributed by atoms with Crippen LogP contribution in [0.5, 0.6) is 0 Å². The summed E-state index contributed by atoms with van der Waals surface area (Å²) in [5.41, 5.74) is 1.67. The van der Waals surface area contributed by atoms with E-state index >= 15 is 0 Å². The number of pyridine rings is 1. The summed E-state index contributed by atoms with van der Waals surface area (Å²) >= 11 is 7.31. The number of anilines is 1. The molecule has 2 unspecified atom stereocenters. The van der Waals surface area contributed by atoms with Gasteiger partial charge in [0.05, 0.1) is 17.0 Å². The van der Waals surface area contributed by atoms with Crippen molar-refractivity contribution in [3.05, 3.63) is 53.3 Å². The van der Waals surface area contributed by atoms with Gasteiger partial charge in [-0.05, 0) is 42.8 Å². The molecule has 0 radical (unpaired) electrons. The predicted molar refractivity (Wildman–Crippen MR) is 95.1 cm³/mol. The minimum atomic E-state index is -0.455. The molecule has 2 aromatic rings. The van der Waals surface area contributed by atoms with Crippen LogP contribution in [0.4, 0.5) is 5.69 Å². The third-order valence-electron chi connectivity index (χ3n) is 3.72. The summed E-state index contributed by atoms with van der Waals surface area (Å²) < 4.78 is 0. The molecule has 0 saturated heterocycles. The fraction of sp³-hybridized carbons (Fsp3) is 0.235. The third kappa shape index (κ3) is 3.88. The number of fused-ring (bicyclic) bond motifs is 1. The number of aromatic nitrogens is 1. The fourth-order valence-corrected chi connectivity index (χ4v) is 3.72. The number of carbonyl (C=O) groups excluding carboxylic acids is 2. The van der Waals surface area contributed by atoms with Crippen molar-refractivity contribution < 1.29 is 9.59 Å². The Balaban J connectivity index is 1.62. The van der Waals surface area contributed by atoms with Crippen LogP contribution in [0.2, 0.25) is 5.02 Å². The van der Waals surface area contributed by atoms with Crippen LogP contribution in [-0.4, -0.2) is 22.0 Å². The molecule has 2 amide bonds. The van der Waals surface area contributed by atoms with Crippen molar-refractivity contribution in [2.24, 2.45) is 0 Å². The van der Waals surface area contributed by atoms with Crippen molar-refractivity contribution >= 4 is 40.9 Å². The Hall–Kier alpha value is -2.05. The lowest BCUT2D eigenvalue weighted by Crippen LogP contribution is -2.35. The van der Waals surface area contributed by atoms with Crippen molar-refractivity contribution in [1.82, 2.24) is 10.3 Å². The molecule has 124 valence electrons. The van der Waals surface area contributed by atoms with Crippen molar-refractivity contribution in [3.63, 3.8) is 0 Å². The lowest BCUT2D eigenvalue weighted by atomic mass is 10.1. The smallest absolute Gasteiger partial charge is 0.238 e. The van der Waals surface area contributed by atoms with E-state index in [9.17, 15) is 9.59 Å². The van der Waals surface area contributed by atoms with Gasteiger partial charge >= 0.3 is 0 Å². The molecule has 1 aromatic heterocycles. The molecule has 2 atom stereocenters. The lowest BCUT2D eigenvalue weighted by molar-refractivity contribution is -0.124. The maximum absolute atomic E-state index is 12.3. The van der Waals surface area contributed by atoms with E-state index < -0.39 is 5.25 Å². The van der Waals surface area contributed by atoms with Crippen molar-refractivity contribution in [1.29, 1.82) is 0 Å². The SMILES string of the molecule is CC(NC(=O)CC1Sc2ccc(Cl)cc2NC1=O)c1ccncc1. The van der Waals surface area contributed by atoms with Crippen molar-refractivity contribution in [2.45, 2.75) is 29.5 Å². The number of carbonyl (C=O) groups is 2. The zero-order valence-corrected chi connectivity index (χ0v) is 14.5. The zero-order valence-electron chi connectivity index (χ0n) is 13.0. The summed E-state index contributed by atoms with van der Waals surface area (Å²) in [5.74, 6) is -0.342. The zero-order chi connectivity index (χ0) is 17.1. The number of nitrogens with zero attached hydrogens (tertiary/aromatic N) is 1. The highest BCUT2D eigenvalue weighted by atomic mass is 35.5. The summed E-state index contributed by atoms with van der Waals surface area (Å²) in [6, 6.07) is 8.91. The first-order valence-electron chi connectivity index (χ1n) is 7.49. The molecule has 5 nitrogen and oxygen atoms in total. The molecule has 1 aliphatic rings. The van der Waals surface area contributed by atoms with Crippen LogP contribution >= 0.6 is 23.4 Å². The Kier molecular flexibility index (Phi) is 5.06. The molecule has 0 spiro atoms. The molecule has 1 aromatic carbocycles. The topological polar surface area (TPSA) is 71.1 Å². The van der Waals surface area contributed by atoms with Gasteiger partial charge in [-0.25, -0.2) is 0 Å². The fourth-order valence-electron chi connectivity index (χ4n) is 2.46. The molecule has 0 fully saturated rings. The highest BCUT2D eigenvalue weighted by Crippen LogP contribution is 2.38. The van der Waals surface area contributed by atoms with Crippen molar-refractivity contribution in [2.75, 3.05) is 5.32 Å². The van der Waals surface area contributed by atoms with E-state index in [1.807, 2.05) is 25.1 Å². The number of hydrogen-bond acceptors (Lipinski definition) is 4. The Bertz CT molecular complexity index is 770. The highest BCUT2D eigenvalue weighted by molar-refractivity contribution is 8.01. The van der Waals surface area contributed by atoms with Crippen LogP contribution in [-0.2, 0) is 9.59 Å². The second kappa shape index (κ2) is 7.23. The predicted octanol–water partition coefficient (Wildman–Crippen LogP) is 3.42. The monoisotopic (exact) mass is 361 g/mol. The maximum atomic E-state index is 12.3. The van der Waals surface area contributed by atoms with E-state index in [0.717, 1.165) is 10.5 Å². The van der Waals surface area contributed by atoms with E-state index in [0.29, 0.717) is 10.7 Å². The standard InChI is InChI=1S/C17H16ClN3O2S/c1-10(11-4-6-19-7-5-11)20-16(22)9-15-17(23)21-13-8-12(18)2-3-14(13)24-15/h2-8,10,15H,9H2,1H3,(H,20,22)(H,21,23). The van der Waals surface area contributed by atoms with Gasteiger partial charge in [0.25, 0.3) is 0 Å². The van der Waals surface area contributed by atoms with E-state index in [-0.39, 0.29) is 24.3 Å². The summed E-state index contributed by atoms with van der Waals surface area (Å²) in [7, 11) is 0. The number of amides is 2. The Morgan fingerprint density at radius 3 is 2.88 bits per heavy atom. The summed E-state index contributed by atoms with van der Waals surface area (Å²) in [5, 5.41) is 5.84. The normalized spacial score (nSPS) is 17.6. The molecule has 0 bridgehead atoms. The van der Waals surface area contributed by atoms with Gasteiger partial charge in [-0.15, -0.1) is 11.8 Å². The van der Waals surface area contributed by atoms with Gasteiger partial charge in [-0.3, -0.25) is 14.6 Å². The molecule has 3 rings (SSSR count). The molecule has 0 aliphatic carbocycles. The highest BCUT2D eigenvalue weighted by Gasteiger charge is 2.29. The molecule has 2 heterocycles. The minimum absolute atomic E-state index is 0.119. The quantitative estimate of drug-likeness (QED) is 0.875. The van der Waals surface area contributed by atoms with E-state index in [1.54, 1.807) is 24.5 Å². The van der Waals surface area contributed by atoms with Crippen LogP contribution in [0.3, 0.4) is 0 Å². The number of benzene rings is 1. The third-order valence-corrected chi connectivity index (χ3v) is 5.23. The average Bonchev–Trinajstić information content (AvgIpc) is 2.56. The van der Waals surface area contributed by atoms with Gasteiger partial charge in [0, 0.05) is 28.7 Å². The molecular formula is C17H16ClN3O2S. The minimum Gasteiger partial charge on any atom is -0.350 e. The first kappa shape index (κ1) is 16.8. The van der Waals surface area contributed by atoms with E-state index in [2.05, 4.69) is 15.6 Å². The molecule has 1 aliphatic heterocycles. The number of hydrogen-bond donors (Lipinski definition) is 2. The van der Waals surface area contributed by atoms with Crippen LogP contribution < -0.4 is 10.6 Å². The van der Waals surface area contributed by atoms with Gasteiger partial charge in [0.2, 0.25) is 11.8 Å². The summed E-state index contributed by atoms with van der Waals surface area (Å²) in [6.45, 7) is 1.90. The first-order chi connectivity index (χ1) is 11.5. The number of thioether (sulfide) groups is 1. The summed E-state index contributed by atoms with van der Waals surface area (Å²) in [6.07, 6.45) is 3.49. The lowest BCUT2D eigenvalue weighted by Gasteiger charge is -2.24.